The highest BCUT2D eigenvalue weighted by Gasteiger charge is 2.36. The van der Waals surface area contributed by atoms with Crippen molar-refractivity contribution in [3.63, 3.8) is 0 Å². The molecule has 4 heteroatoms. The van der Waals surface area contributed by atoms with Crippen LogP contribution in [-0.2, 0) is 10.3 Å². The molecule has 2 rings (SSSR count). The fourth-order valence-corrected chi connectivity index (χ4v) is 2.94. The molecule has 1 aliphatic carbocycles. The maximum Gasteiger partial charge on any atom is 0.221 e. The first kappa shape index (κ1) is 14.9. The SMILES string of the molecule is CNCCC(=O)NC1(c2ccc(OC)cc2)CCCC1. The van der Waals surface area contributed by atoms with Crippen molar-refractivity contribution in [1.82, 2.24) is 10.6 Å². The summed E-state index contributed by atoms with van der Waals surface area (Å²) in [4.78, 5) is 12.1. The number of amides is 1. The van der Waals surface area contributed by atoms with Gasteiger partial charge in [-0.3, -0.25) is 4.79 Å². The van der Waals surface area contributed by atoms with E-state index in [0.717, 1.165) is 18.6 Å². The second-order valence-corrected chi connectivity index (χ2v) is 5.42. The van der Waals surface area contributed by atoms with Crippen molar-refractivity contribution in [2.45, 2.75) is 37.6 Å². The van der Waals surface area contributed by atoms with Gasteiger partial charge >= 0.3 is 0 Å². The van der Waals surface area contributed by atoms with E-state index in [1.165, 1.54) is 18.4 Å². The first-order valence-electron chi connectivity index (χ1n) is 7.30. The van der Waals surface area contributed by atoms with Gasteiger partial charge in [0.05, 0.1) is 12.6 Å². The lowest BCUT2D eigenvalue weighted by Crippen LogP contribution is -2.44. The van der Waals surface area contributed by atoms with E-state index in [1.807, 2.05) is 19.2 Å². The van der Waals surface area contributed by atoms with Crippen molar-refractivity contribution in [2.75, 3.05) is 20.7 Å². The van der Waals surface area contributed by atoms with Gasteiger partial charge in [0, 0.05) is 13.0 Å². The van der Waals surface area contributed by atoms with Crippen LogP contribution < -0.4 is 15.4 Å². The van der Waals surface area contributed by atoms with Crippen LogP contribution in [0, 0.1) is 0 Å². The number of nitrogens with one attached hydrogen (secondary N) is 2. The third-order valence-corrected chi connectivity index (χ3v) is 4.08. The monoisotopic (exact) mass is 276 g/mol. The summed E-state index contributed by atoms with van der Waals surface area (Å²) in [5, 5.41) is 6.27. The summed E-state index contributed by atoms with van der Waals surface area (Å²) in [7, 11) is 3.53. The quantitative estimate of drug-likeness (QED) is 0.837. The molecule has 1 fully saturated rings. The minimum atomic E-state index is -0.183. The Labute approximate surface area is 120 Å². The third-order valence-electron chi connectivity index (χ3n) is 4.08. The molecule has 1 amide bonds. The lowest BCUT2D eigenvalue weighted by molar-refractivity contribution is -0.123. The largest absolute Gasteiger partial charge is 0.497 e. The molecule has 0 spiro atoms. The molecule has 0 heterocycles. The topological polar surface area (TPSA) is 50.4 Å². The van der Waals surface area contributed by atoms with Gasteiger partial charge in [0.25, 0.3) is 0 Å². The fraction of sp³-hybridized carbons (Fsp3) is 0.562. The van der Waals surface area contributed by atoms with Gasteiger partial charge in [-0.1, -0.05) is 25.0 Å². The van der Waals surface area contributed by atoms with Crippen LogP contribution in [-0.4, -0.2) is 26.6 Å². The van der Waals surface area contributed by atoms with E-state index < -0.39 is 0 Å². The van der Waals surface area contributed by atoms with Crippen LogP contribution in [0.25, 0.3) is 0 Å². The fourth-order valence-electron chi connectivity index (χ4n) is 2.94. The maximum absolute atomic E-state index is 12.1. The summed E-state index contributed by atoms with van der Waals surface area (Å²) in [6.07, 6.45) is 4.89. The smallest absolute Gasteiger partial charge is 0.221 e. The van der Waals surface area contributed by atoms with Gasteiger partial charge in [-0.2, -0.15) is 0 Å². The highest BCUT2D eigenvalue weighted by molar-refractivity contribution is 5.77. The number of benzene rings is 1. The lowest BCUT2D eigenvalue weighted by atomic mass is 9.88. The Kier molecular flexibility index (Phi) is 5.01. The average Bonchev–Trinajstić information content (AvgIpc) is 2.95. The van der Waals surface area contributed by atoms with Crippen LogP contribution in [0.15, 0.2) is 24.3 Å². The van der Waals surface area contributed by atoms with Gasteiger partial charge in [-0.25, -0.2) is 0 Å². The molecule has 1 aromatic rings. The van der Waals surface area contributed by atoms with E-state index in [4.69, 9.17) is 4.74 Å². The van der Waals surface area contributed by atoms with E-state index in [9.17, 15) is 4.79 Å². The van der Waals surface area contributed by atoms with Crippen molar-refractivity contribution >= 4 is 5.91 Å². The van der Waals surface area contributed by atoms with Gasteiger partial charge in [-0.15, -0.1) is 0 Å². The summed E-state index contributed by atoms with van der Waals surface area (Å²) >= 11 is 0. The first-order chi connectivity index (χ1) is 9.70. The molecule has 0 saturated heterocycles. The minimum Gasteiger partial charge on any atom is -0.497 e. The van der Waals surface area contributed by atoms with Crippen molar-refractivity contribution in [1.29, 1.82) is 0 Å². The molecule has 0 radical (unpaired) electrons. The molecule has 20 heavy (non-hydrogen) atoms. The number of rotatable bonds is 6. The zero-order valence-corrected chi connectivity index (χ0v) is 12.4. The Morgan fingerprint density at radius 3 is 2.45 bits per heavy atom. The Bertz CT molecular complexity index is 436. The van der Waals surface area contributed by atoms with Gasteiger partial charge in [-0.05, 0) is 37.6 Å². The summed E-state index contributed by atoms with van der Waals surface area (Å²) in [6, 6.07) is 8.08. The van der Waals surface area contributed by atoms with Crippen molar-refractivity contribution in [3.8, 4) is 5.75 Å². The highest BCUT2D eigenvalue weighted by Crippen LogP contribution is 2.39. The molecule has 4 nitrogen and oxygen atoms in total. The van der Waals surface area contributed by atoms with E-state index in [-0.39, 0.29) is 11.4 Å². The molecule has 110 valence electrons. The molecule has 1 aromatic carbocycles. The van der Waals surface area contributed by atoms with E-state index in [1.54, 1.807) is 7.11 Å². The number of ether oxygens (including phenoxy) is 1. The molecule has 2 N–H and O–H groups in total. The third kappa shape index (κ3) is 3.31. The molecular formula is C16H24N2O2. The maximum atomic E-state index is 12.1. The molecule has 0 aromatic heterocycles. The molecule has 0 aliphatic heterocycles. The molecule has 1 saturated carbocycles. The van der Waals surface area contributed by atoms with Gasteiger partial charge < -0.3 is 15.4 Å². The molecule has 0 unspecified atom stereocenters. The average molecular weight is 276 g/mol. The van der Waals surface area contributed by atoms with Crippen LogP contribution in [0.1, 0.15) is 37.7 Å². The highest BCUT2D eigenvalue weighted by atomic mass is 16.5. The van der Waals surface area contributed by atoms with E-state index >= 15 is 0 Å². The van der Waals surface area contributed by atoms with Crippen LogP contribution in [0.2, 0.25) is 0 Å². The predicted molar refractivity (Wildman–Crippen MR) is 79.8 cm³/mol. The summed E-state index contributed by atoms with van der Waals surface area (Å²) < 4.78 is 5.20. The normalized spacial score (nSPS) is 16.9. The predicted octanol–water partition coefficient (Wildman–Crippen LogP) is 2.19. The Morgan fingerprint density at radius 2 is 1.90 bits per heavy atom. The van der Waals surface area contributed by atoms with E-state index in [2.05, 4.69) is 22.8 Å². The Hall–Kier alpha value is -1.55. The number of carbonyl (C=O) groups excluding carboxylic acids is 1. The van der Waals surface area contributed by atoms with Crippen LogP contribution >= 0.6 is 0 Å². The lowest BCUT2D eigenvalue weighted by Gasteiger charge is -2.31. The van der Waals surface area contributed by atoms with Crippen LogP contribution in [0.4, 0.5) is 0 Å². The number of hydrogen-bond acceptors (Lipinski definition) is 3. The molecule has 0 bridgehead atoms. The molecule has 0 atom stereocenters. The van der Waals surface area contributed by atoms with Crippen molar-refractivity contribution < 1.29 is 9.53 Å². The first-order valence-corrected chi connectivity index (χ1v) is 7.30. The summed E-state index contributed by atoms with van der Waals surface area (Å²) in [5.74, 6) is 0.973. The molecule has 1 aliphatic rings. The Balaban J connectivity index is 2.13. The second-order valence-electron chi connectivity index (χ2n) is 5.42. The second kappa shape index (κ2) is 6.75. The Morgan fingerprint density at radius 1 is 1.25 bits per heavy atom. The number of carbonyl (C=O) groups is 1. The van der Waals surface area contributed by atoms with Crippen LogP contribution in [0.3, 0.4) is 0 Å². The van der Waals surface area contributed by atoms with Crippen molar-refractivity contribution in [3.05, 3.63) is 29.8 Å². The molecular weight excluding hydrogens is 252 g/mol. The summed E-state index contributed by atoms with van der Waals surface area (Å²) in [5.41, 5.74) is 1.01. The van der Waals surface area contributed by atoms with E-state index in [0.29, 0.717) is 13.0 Å². The minimum absolute atomic E-state index is 0.122. The zero-order valence-electron chi connectivity index (χ0n) is 12.4. The van der Waals surface area contributed by atoms with Gasteiger partial charge in [0.1, 0.15) is 5.75 Å². The van der Waals surface area contributed by atoms with Crippen molar-refractivity contribution in [2.24, 2.45) is 0 Å². The standard InChI is InChI=1S/C16H24N2O2/c1-17-12-9-15(19)18-16(10-3-4-11-16)13-5-7-14(20-2)8-6-13/h5-8,17H,3-4,9-12H2,1-2H3,(H,18,19). The zero-order chi connectivity index (χ0) is 14.4. The summed E-state index contributed by atoms with van der Waals surface area (Å²) in [6.45, 7) is 0.713. The number of methoxy groups -OCH3 is 1. The van der Waals surface area contributed by atoms with Gasteiger partial charge in [0.2, 0.25) is 5.91 Å². The number of hydrogen-bond donors (Lipinski definition) is 2. The van der Waals surface area contributed by atoms with Gasteiger partial charge in [0.15, 0.2) is 0 Å². The van der Waals surface area contributed by atoms with Crippen LogP contribution in [0.5, 0.6) is 5.75 Å².